The van der Waals surface area contributed by atoms with E-state index in [0.717, 1.165) is 10.4 Å². The Morgan fingerprint density at radius 2 is 2.50 bits per heavy atom. The molecule has 2 nitrogen and oxygen atoms in total. The summed E-state index contributed by atoms with van der Waals surface area (Å²) in [5.74, 6) is 0. The lowest BCUT2D eigenvalue weighted by Crippen LogP contribution is -2.27. The molecule has 1 aliphatic heterocycles. The van der Waals surface area contributed by atoms with E-state index in [4.69, 9.17) is 0 Å². The van der Waals surface area contributed by atoms with E-state index >= 15 is 0 Å². The van der Waals surface area contributed by atoms with Crippen molar-refractivity contribution in [2.24, 2.45) is 4.99 Å². The van der Waals surface area contributed by atoms with Gasteiger partial charge in [0.15, 0.2) is 3.84 Å². The quantitative estimate of drug-likeness (QED) is 0.444. The van der Waals surface area contributed by atoms with Crippen LogP contribution in [-0.4, -0.2) is 28.9 Å². The summed E-state index contributed by atoms with van der Waals surface area (Å²) < 4.78 is 1.15. The summed E-state index contributed by atoms with van der Waals surface area (Å²) in [6.45, 7) is 2.18. The molecule has 0 aromatic carbocycles. The molecule has 0 spiro atoms. The first-order valence-corrected chi connectivity index (χ1v) is 3.79. The number of halogens is 1. The zero-order chi connectivity index (χ0) is 5.98. The van der Waals surface area contributed by atoms with Gasteiger partial charge in [-0.05, 0) is 29.0 Å². The Hall–Kier alpha value is 0.200. The van der Waals surface area contributed by atoms with Gasteiger partial charge in [0.05, 0.1) is 0 Å². The van der Waals surface area contributed by atoms with Crippen molar-refractivity contribution >= 4 is 26.4 Å². The topological polar surface area (TPSA) is 15.6 Å². The van der Waals surface area contributed by atoms with Crippen LogP contribution in [0.4, 0.5) is 0 Å². The molecule has 0 bridgehead atoms. The fourth-order valence-corrected chi connectivity index (χ4v) is 1.17. The van der Waals surface area contributed by atoms with Crippen molar-refractivity contribution < 1.29 is 0 Å². The zero-order valence-corrected chi connectivity index (χ0v) is 7.05. The molecular weight excluding hydrogens is 215 g/mol. The minimum Gasteiger partial charge on any atom is -0.355 e. The van der Waals surface area contributed by atoms with Crippen LogP contribution >= 0.6 is 22.6 Å². The van der Waals surface area contributed by atoms with Crippen LogP contribution in [0.5, 0.6) is 0 Å². The number of nitrogens with zero attached hydrogens (tertiary/aromatic N) is 2. The van der Waals surface area contributed by atoms with E-state index in [1.165, 1.54) is 13.0 Å². The molecule has 0 saturated heterocycles. The van der Waals surface area contributed by atoms with Crippen LogP contribution in [0.25, 0.3) is 0 Å². The van der Waals surface area contributed by atoms with Crippen LogP contribution in [0.2, 0.25) is 0 Å². The fourth-order valence-electron chi connectivity index (χ4n) is 0.692. The molecule has 0 aromatic rings. The minimum absolute atomic E-state index is 1.02. The van der Waals surface area contributed by atoms with Gasteiger partial charge >= 0.3 is 0 Å². The molecule has 3 heteroatoms. The van der Waals surface area contributed by atoms with E-state index in [1.54, 1.807) is 0 Å². The molecule has 1 aliphatic rings. The number of aliphatic imine (C=N–C) groups is 1. The molecule has 0 fully saturated rings. The molecule has 0 aromatic heterocycles. The van der Waals surface area contributed by atoms with E-state index in [9.17, 15) is 0 Å². The van der Waals surface area contributed by atoms with Crippen molar-refractivity contribution in [2.75, 3.05) is 20.1 Å². The Bertz CT molecular complexity index is 111. The van der Waals surface area contributed by atoms with Gasteiger partial charge in [-0.3, -0.25) is 4.99 Å². The van der Waals surface area contributed by atoms with Crippen LogP contribution < -0.4 is 0 Å². The summed E-state index contributed by atoms with van der Waals surface area (Å²) >= 11 is 2.26. The first-order valence-electron chi connectivity index (χ1n) is 2.72. The van der Waals surface area contributed by atoms with Gasteiger partial charge in [-0.25, -0.2) is 0 Å². The third kappa shape index (κ3) is 1.34. The van der Waals surface area contributed by atoms with E-state index < -0.39 is 0 Å². The highest BCUT2D eigenvalue weighted by Crippen LogP contribution is 2.04. The van der Waals surface area contributed by atoms with Crippen molar-refractivity contribution in [1.29, 1.82) is 0 Å². The standard InChI is InChI=1S/C5H9IN2/c1-8-4-2-3-7-5(8)6/h2-4H2,1H3. The Kier molecular flexibility index (Phi) is 2.10. The molecule has 0 atom stereocenters. The second-order valence-electron chi connectivity index (χ2n) is 1.93. The Morgan fingerprint density at radius 1 is 1.75 bits per heavy atom. The third-order valence-corrected chi connectivity index (χ3v) is 2.37. The highest BCUT2D eigenvalue weighted by atomic mass is 127. The van der Waals surface area contributed by atoms with E-state index in [0.29, 0.717) is 0 Å². The van der Waals surface area contributed by atoms with Crippen LogP contribution in [0.1, 0.15) is 6.42 Å². The summed E-state index contributed by atoms with van der Waals surface area (Å²) in [7, 11) is 2.07. The normalized spacial score (nSPS) is 20.8. The van der Waals surface area contributed by atoms with E-state index in [2.05, 4.69) is 39.5 Å². The van der Waals surface area contributed by atoms with Gasteiger partial charge in [-0.1, -0.05) is 0 Å². The van der Waals surface area contributed by atoms with Crippen molar-refractivity contribution in [3.05, 3.63) is 0 Å². The predicted molar refractivity (Wildman–Crippen MR) is 43.6 cm³/mol. The molecule has 0 amide bonds. The van der Waals surface area contributed by atoms with Crippen LogP contribution in [0, 0.1) is 0 Å². The first kappa shape index (κ1) is 6.32. The summed E-state index contributed by atoms with van der Waals surface area (Å²) in [5.41, 5.74) is 0. The largest absolute Gasteiger partial charge is 0.355 e. The molecule has 1 rings (SSSR count). The Morgan fingerprint density at radius 3 is 2.88 bits per heavy atom. The molecule has 0 N–H and O–H groups in total. The lowest BCUT2D eigenvalue weighted by Gasteiger charge is -2.20. The average Bonchev–Trinajstić information content (AvgIpc) is 1.77. The molecule has 1 heterocycles. The maximum atomic E-state index is 4.24. The number of amidine groups is 1. The SMILES string of the molecule is CN1CCCN=C1I. The lowest BCUT2D eigenvalue weighted by molar-refractivity contribution is 0.480. The fraction of sp³-hybridized carbons (Fsp3) is 0.800. The van der Waals surface area contributed by atoms with Gasteiger partial charge in [-0.2, -0.15) is 0 Å². The molecule has 0 radical (unpaired) electrons. The van der Waals surface area contributed by atoms with Gasteiger partial charge in [0.1, 0.15) is 0 Å². The van der Waals surface area contributed by atoms with Gasteiger partial charge in [0, 0.05) is 20.1 Å². The molecule has 8 heavy (non-hydrogen) atoms. The van der Waals surface area contributed by atoms with Crippen LogP contribution in [0.15, 0.2) is 4.99 Å². The third-order valence-electron chi connectivity index (χ3n) is 1.21. The minimum atomic E-state index is 1.02. The van der Waals surface area contributed by atoms with Gasteiger partial charge in [0.2, 0.25) is 0 Å². The number of rotatable bonds is 0. The molecule has 0 aliphatic carbocycles. The second-order valence-corrected chi connectivity index (χ2v) is 2.89. The van der Waals surface area contributed by atoms with Crippen molar-refractivity contribution in [3.8, 4) is 0 Å². The molecule has 0 unspecified atom stereocenters. The number of hydrogen-bond acceptors (Lipinski definition) is 2. The summed E-state index contributed by atoms with van der Waals surface area (Å²) in [6.07, 6.45) is 1.21. The highest BCUT2D eigenvalue weighted by Gasteiger charge is 2.04. The van der Waals surface area contributed by atoms with Crippen molar-refractivity contribution in [3.63, 3.8) is 0 Å². The van der Waals surface area contributed by atoms with Gasteiger partial charge in [0.25, 0.3) is 0 Å². The summed E-state index contributed by atoms with van der Waals surface area (Å²) in [4.78, 5) is 6.41. The number of hydrogen-bond donors (Lipinski definition) is 0. The van der Waals surface area contributed by atoms with Crippen LogP contribution in [0.3, 0.4) is 0 Å². The molecule has 46 valence electrons. The predicted octanol–water partition coefficient (Wildman–Crippen LogP) is 1.11. The maximum Gasteiger partial charge on any atom is 0.162 e. The van der Waals surface area contributed by atoms with Crippen molar-refractivity contribution in [2.45, 2.75) is 6.42 Å². The Balaban J connectivity index is 2.53. The van der Waals surface area contributed by atoms with Crippen LogP contribution in [-0.2, 0) is 0 Å². The Labute approximate surface area is 63.1 Å². The molecular formula is C5H9IN2. The molecule has 0 saturated carbocycles. The van der Waals surface area contributed by atoms with Gasteiger partial charge in [-0.15, -0.1) is 0 Å². The smallest absolute Gasteiger partial charge is 0.162 e. The maximum absolute atomic E-state index is 4.24. The van der Waals surface area contributed by atoms with E-state index in [1.807, 2.05) is 0 Å². The average molecular weight is 224 g/mol. The second kappa shape index (κ2) is 2.66. The van der Waals surface area contributed by atoms with Crippen molar-refractivity contribution in [1.82, 2.24) is 4.90 Å². The van der Waals surface area contributed by atoms with E-state index in [-0.39, 0.29) is 0 Å². The van der Waals surface area contributed by atoms with Gasteiger partial charge < -0.3 is 4.90 Å². The summed E-state index contributed by atoms with van der Waals surface area (Å²) in [5, 5.41) is 0. The monoisotopic (exact) mass is 224 g/mol. The summed E-state index contributed by atoms with van der Waals surface area (Å²) in [6, 6.07) is 0. The first-order chi connectivity index (χ1) is 3.80. The lowest BCUT2D eigenvalue weighted by atomic mass is 10.4. The highest BCUT2D eigenvalue weighted by molar-refractivity contribution is 14.1. The zero-order valence-electron chi connectivity index (χ0n) is 4.89.